The molecule has 1 unspecified atom stereocenters. The van der Waals surface area contributed by atoms with Crippen molar-refractivity contribution in [2.45, 2.75) is 51.4 Å². The molecule has 4 aromatic rings. The number of pyridine rings is 1. The molecule has 2 aromatic carbocycles. The number of aromatic nitrogens is 3. The van der Waals surface area contributed by atoms with Gasteiger partial charge in [-0.05, 0) is 66.6 Å². The van der Waals surface area contributed by atoms with Gasteiger partial charge in [0.05, 0.1) is 29.8 Å². The van der Waals surface area contributed by atoms with Crippen LogP contribution in [0.25, 0.3) is 0 Å². The first-order valence-corrected chi connectivity index (χ1v) is 14.9. The molecule has 0 saturated carbocycles. The zero-order valence-electron chi connectivity index (χ0n) is 23.5. The fourth-order valence-electron chi connectivity index (χ4n) is 6.25. The molecule has 1 N–H and O–H groups in total. The molecule has 7 nitrogen and oxygen atoms in total. The average molecular weight is 569 g/mol. The first kappa shape index (κ1) is 27.6. The second-order valence-corrected chi connectivity index (χ2v) is 11.6. The van der Waals surface area contributed by atoms with Crippen molar-refractivity contribution in [3.63, 3.8) is 0 Å². The van der Waals surface area contributed by atoms with Crippen LogP contribution in [0.1, 0.15) is 46.1 Å². The van der Waals surface area contributed by atoms with Gasteiger partial charge in [0.25, 0.3) is 0 Å². The number of carbonyl (C=O) groups is 1. The molecule has 6 rings (SSSR count). The predicted octanol–water partition coefficient (Wildman–Crippen LogP) is 4.82. The molecule has 41 heavy (non-hydrogen) atoms. The lowest BCUT2D eigenvalue weighted by Crippen LogP contribution is -2.58. The van der Waals surface area contributed by atoms with Crippen LogP contribution in [-0.2, 0) is 30.7 Å². The fraction of sp³-hybridized carbons (Fsp3) is 0.364. The number of hydrogen-bond acceptors (Lipinski definition) is 5. The van der Waals surface area contributed by atoms with E-state index in [1.807, 2.05) is 60.9 Å². The lowest BCUT2D eigenvalue weighted by Gasteiger charge is -2.40. The van der Waals surface area contributed by atoms with Gasteiger partial charge in [0.15, 0.2) is 0 Å². The van der Waals surface area contributed by atoms with Crippen LogP contribution in [0.15, 0.2) is 79.4 Å². The molecule has 0 bridgehead atoms. The number of benzene rings is 2. The highest BCUT2D eigenvalue weighted by atomic mass is 35.5. The molecular weight excluding hydrogens is 532 g/mol. The molecule has 1 saturated heterocycles. The van der Waals surface area contributed by atoms with Crippen molar-refractivity contribution in [1.82, 2.24) is 29.7 Å². The van der Waals surface area contributed by atoms with E-state index in [4.69, 9.17) is 16.6 Å². The molecule has 2 aliphatic rings. The highest BCUT2D eigenvalue weighted by Crippen LogP contribution is 2.37. The lowest BCUT2D eigenvalue weighted by molar-refractivity contribution is -0.135. The topological polar surface area (TPSA) is 66.3 Å². The third-order valence-corrected chi connectivity index (χ3v) is 8.49. The van der Waals surface area contributed by atoms with E-state index < -0.39 is 0 Å². The largest absolute Gasteiger partial charge is 0.337 e. The third-order valence-electron chi connectivity index (χ3n) is 8.25. The monoisotopic (exact) mass is 568 g/mol. The van der Waals surface area contributed by atoms with E-state index in [1.54, 1.807) is 0 Å². The van der Waals surface area contributed by atoms with Gasteiger partial charge >= 0.3 is 0 Å². The van der Waals surface area contributed by atoms with Gasteiger partial charge in [-0.3, -0.25) is 14.7 Å². The maximum absolute atomic E-state index is 14.2. The summed E-state index contributed by atoms with van der Waals surface area (Å²) >= 11 is 6.43. The van der Waals surface area contributed by atoms with Gasteiger partial charge in [0.1, 0.15) is 0 Å². The summed E-state index contributed by atoms with van der Waals surface area (Å²) in [6.45, 7) is 6.30. The van der Waals surface area contributed by atoms with E-state index in [2.05, 4.69) is 50.1 Å². The van der Waals surface area contributed by atoms with Gasteiger partial charge in [-0.25, -0.2) is 4.98 Å². The van der Waals surface area contributed by atoms with Crippen LogP contribution in [-0.4, -0.2) is 62.5 Å². The number of nitrogens with zero attached hydrogens (tertiary/aromatic N) is 5. The molecule has 3 heterocycles. The van der Waals surface area contributed by atoms with Crippen LogP contribution >= 0.6 is 11.6 Å². The summed E-state index contributed by atoms with van der Waals surface area (Å²) in [6, 6.07) is 20.4. The molecule has 2 atom stereocenters. The number of halogens is 1. The number of imidazole rings is 1. The molecule has 1 aliphatic carbocycles. The molecule has 0 spiro atoms. The normalized spacial score (nSPS) is 18.8. The zero-order chi connectivity index (χ0) is 28.2. The van der Waals surface area contributed by atoms with Gasteiger partial charge in [0, 0.05) is 56.7 Å². The quantitative estimate of drug-likeness (QED) is 0.330. The maximum atomic E-state index is 14.2. The third kappa shape index (κ3) is 6.38. The Hall–Kier alpha value is -3.52. The van der Waals surface area contributed by atoms with Crippen molar-refractivity contribution >= 4 is 17.5 Å². The van der Waals surface area contributed by atoms with Gasteiger partial charge in [-0.1, -0.05) is 54.1 Å². The van der Waals surface area contributed by atoms with Crippen molar-refractivity contribution in [3.8, 4) is 0 Å². The Labute approximate surface area is 247 Å². The van der Waals surface area contributed by atoms with Crippen molar-refractivity contribution in [2.24, 2.45) is 0 Å². The number of amides is 1. The van der Waals surface area contributed by atoms with E-state index >= 15 is 0 Å². The molecule has 0 radical (unpaired) electrons. The molecule has 1 amide bonds. The predicted molar refractivity (Wildman–Crippen MR) is 162 cm³/mol. The summed E-state index contributed by atoms with van der Waals surface area (Å²) in [5.41, 5.74) is 7.02. The summed E-state index contributed by atoms with van der Waals surface area (Å²) in [6.07, 6.45) is 8.53. The minimum atomic E-state index is -0.297. The number of nitrogens with one attached hydrogen (secondary N) is 1. The maximum Gasteiger partial charge on any atom is 0.241 e. The lowest BCUT2D eigenvalue weighted by atomic mass is 9.95. The highest BCUT2D eigenvalue weighted by molar-refractivity contribution is 6.30. The molecule has 8 heteroatoms. The van der Waals surface area contributed by atoms with E-state index in [9.17, 15) is 4.79 Å². The Morgan fingerprint density at radius 2 is 1.93 bits per heavy atom. The molecule has 1 fully saturated rings. The van der Waals surface area contributed by atoms with Gasteiger partial charge in [-0.15, -0.1) is 0 Å². The molecule has 1 aliphatic heterocycles. The smallest absolute Gasteiger partial charge is 0.241 e. The van der Waals surface area contributed by atoms with Crippen LogP contribution in [0, 0.1) is 6.92 Å². The number of hydrogen-bond donors (Lipinski definition) is 1. The van der Waals surface area contributed by atoms with Crippen LogP contribution in [0.4, 0.5) is 0 Å². The first-order valence-electron chi connectivity index (χ1n) is 14.6. The standard InChI is InChI=1S/C33H37ClN6O/c1-24-20-38(23-37-24)16-6-17-40(21-25-7-3-2-4-8-25)33(41)30-22-39(18-15-35-30)32-29-13-12-28(34)19-27(29)11-10-26-9-5-14-36-31(26)32/h2-5,7-9,12-14,19-20,23,30,32,35H,6,10-11,15-18,21-22H2,1H3/t30-,32?/m1/s1. The van der Waals surface area contributed by atoms with Gasteiger partial charge in [-0.2, -0.15) is 0 Å². The Morgan fingerprint density at radius 1 is 1.07 bits per heavy atom. The van der Waals surface area contributed by atoms with Gasteiger partial charge in [0.2, 0.25) is 5.91 Å². The number of aryl methyl sites for hydroxylation is 4. The summed E-state index contributed by atoms with van der Waals surface area (Å²) < 4.78 is 2.10. The average Bonchev–Trinajstić information content (AvgIpc) is 3.34. The Kier molecular flexibility index (Phi) is 8.46. The van der Waals surface area contributed by atoms with Crippen molar-refractivity contribution < 1.29 is 4.79 Å². The zero-order valence-corrected chi connectivity index (χ0v) is 24.3. The Morgan fingerprint density at radius 3 is 2.76 bits per heavy atom. The number of fused-ring (bicyclic) bond motifs is 2. The fourth-order valence-corrected chi connectivity index (χ4v) is 6.45. The van der Waals surface area contributed by atoms with E-state index in [0.29, 0.717) is 19.6 Å². The van der Waals surface area contributed by atoms with Crippen molar-refractivity contribution in [3.05, 3.63) is 118 Å². The number of piperazine rings is 1. The summed E-state index contributed by atoms with van der Waals surface area (Å²) in [5.74, 6) is 0.145. The van der Waals surface area contributed by atoms with Crippen LogP contribution in [0.5, 0.6) is 0 Å². The molecule has 212 valence electrons. The van der Waals surface area contributed by atoms with Crippen LogP contribution in [0.3, 0.4) is 0 Å². The summed E-state index contributed by atoms with van der Waals surface area (Å²) in [5, 5.41) is 4.31. The van der Waals surface area contributed by atoms with Gasteiger partial charge < -0.3 is 14.8 Å². The van der Waals surface area contributed by atoms with E-state index in [-0.39, 0.29) is 18.0 Å². The Balaban J connectivity index is 1.24. The van der Waals surface area contributed by atoms with E-state index in [1.165, 1.54) is 16.7 Å². The SMILES string of the molecule is Cc1cn(CCCN(Cc2ccccc2)C(=O)[C@H]2CN(C3c4ccc(Cl)cc4CCc4cccnc43)CCN2)cn1. The number of rotatable bonds is 8. The molecule has 2 aromatic heterocycles. The summed E-state index contributed by atoms with van der Waals surface area (Å²) in [7, 11) is 0. The first-order chi connectivity index (χ1) is 20.0. The summed E-state index contributed by atoms with van der Waals surface area (Å²) in [4.78, 5) is 27.9. The van der Waals surface area contributed by atoms with Crippen LogP contribution < -0.4 is 5.32 Å². The number of carbonyl (C=O) groups excluding carboxylic acids is 1. The minimum Gasteiger partial charge on any atom is -0.337 e. The Bertz CT molecular complexity index is 1490. The second-order valence-electron chi connectivity index (χ2n) is 11.1. The van der Waals surface area contributed by atoms with E-state index in [0.717, 1.165) is 60.9 Å². The van der Waals surface area contributed by atoms with Crippen molar-refractivity contribution in [2.75, 3.05) is 26.2 Å². The molecular formula is C33H37ClN6O. The second kappa shape index (κ2) is 12.6. The van der Waals surface area contributed by atoms with Crippen LogP contribution in [0.2, 0.25) is 5.02 Å². The van der Waals surface area contributed by atoms with Crippen molar-refractivity contribution in [1.29, 1.82) is 0 Å². The minimum absolute atomic E-state index is 0.00887. The highest BCUT2D eigenvalue weighted by Gasteiger charge is 2.36.